The highest BCUT2D eigenvalue weighted by Gasteiger charge is 2.34. The maximum atomic E-state index is 11.5. The Labute approximate surface area is 102 Å². The van der Waals surface area contributed by atoms with Crippen LogP contribution in [0.25, 0.3) is 0 Å². The van der Waals surface area contributed by atoms with Gasteiger partial charge in [-0.25, -0.2) is 4.79 Å². The number of nitrogens with one attached hydrogen (secondary N) is 1. The molecule has 0 saturated carbocycles. The molecule has 0 heterocycles. The number of aryl methyl sites for hydroxylation is 2. The van der Waals surface area contributed by atoms with Crippen molar-refractivity contribution >= 4 is 5.97 Å². The molecule has 0 aliphatic rings. The molecule has 1 aromatic carbocycles. The second-order valence-corrected chi connectivity index (χ2v) is 4.48. The van der Waals surface area contributed by atoms with Gasteiger partial charge in [0, 0.05) is 6.54 Å². The summed E-state index contributed by atoms with van der Waals surface area (Å²) in [5.41, 5.74) is 1.82. The minimum atomic E-state index is -1.08. The summed E-state index contributed by atoms with van der Waals surface area (Å²) >= 11 is 0. The van der Waals surface area contributed by atoms with E-state index in [4.69, 9.17) is 0 Å². The second-order valence-electron chi connectivity index (χ2n) is 4.48. The number of hydrogen-bond donors (Lipinski definition) is 2. The van der Waals surface area contributed by atoms with E-state index in [1.807, 2.05) is 32.0 Å². The fourth-order valence-electron chi connectivity index (χ4n) is 1.84. The number of benzene rings is 1. The average molecular weight is 233 g/mol. The summed E-state index contributed by atoms with van der Waals surface area (Å²) in [7, 11) is 0. The quantitative estimate of drug-likeness (QED) is 0.768. The number of aliphatic carboxylic acids is 1. The minimum Gasteiger partial charge on any atom is -0.480 e. The Bertz CT molecular complexity index is 420. The molecule has 0 fully saturated rings. The van der Waals surface area contributed by atoms with Crippen molar-refractivity contribution in [1.29, 1.82) is 0 Å². The summed E-state index contributed by atoms with van der Waals surface area (Å²) in [6, 6.07) is 5.83. The van der Waals surface area contributed by atoms with Gasteiger partial charge in [0.05, 0.1) is 0 Å². The van der Waals surface area contributed by atoms with E-state index in [1.165, 1.54) is 0 Å². The Morgan fingerprint density at radius 1 is 1.41 bits per heavy atom. The van der Waals surface area contributed by atoms with Gasteiger partial charge >= 0.3 is 5.97 Å². The molecule has 0 bridgehead atoms. The zero-order valence-electron chi connectivity index (χ0n) is 10.6. The molecular weight excluding hydrogens is 214 g/mol. The monoisotopic (exact) mass is 233 g/mol. The van der Waals surface area contributed by atoms with Crippen LogP contribution in [0.1, 0.15) is 23.6 Å². The Kier molecular flexibility index (Phi) is 4.07. The maximum absolute atomic E-state index is 11.5. The van der Waals surface area contributed by atoms with E-state index in [0.29, 0.717) is 6.54 Å². The van der Waals surface area contributed by atoms with Gasteiger partial charge in [-0.1, -0.05) is 35.4 Å². The number of carbonyl (C=O) groups is 1. The molecule has 2 N–H and O–H groups in total. The van der Waals surface area contributed by atoms with Crippen molar-refractivity contribution in [1.82, 2.24) is 5.32 Å². The molecule has 1 aromatic rings. The van der Waals surface area contributed by atoms with E-state index in [1.54, 1.807) is 13.0 Å². The van der Waals surface area contributed by atoms with Gasteiger partial charge in [0.1, 0.15) is 5.54 Å². The molecule has 1 atom stereocenters. The normalized spacial score (nSPS) is 14.1. The van der Waals surface area contributed by atoms with Crippen LogP contribution in [0.4, 0.5) is 0 Å². The van der Waals surface area contributed by atoms with Crippen LogP contribution in [0, 0.1) is 13.8 Å². The first-order chi connectivity index (χ1) is 7.90. The van der Waals surface area contributed by atoms with Gasteiger partial charge in [0.2, 0.25) is 0 Å². The lowest BCUT2D eigenvalue weighted by Gasteiger charge is -2.27. The number of hydrogen-bond acceptors (Lipinski definition) is 2. The predicted octanol–water partition coefficient (Wildman–Crippen LogP) is 2.38. The van der Waals surface area contributed by atoms with Crippen molar-refractivity contribution < 1.29 is 9.90 Å². The van der Waals surface area contributed by atoms with Gasteiger partial charge in [0.25, 0.3) is 0 Å². The first-order valence-corrected chi connectivity index (χ1v) is 5.58. The minimum absolute atomic E-state index is 0.454. The lowest BCUT2D eigenvalue weighted by atomic mass is 9.89. The maximum Gasteiger partial charge on any atom is 0.328 e. The molecule has 17 heavy (non-hydrogen) atoms. The van der Waals surface area contributed by atoms with E-state index < -0.39 is 11.5 Å². The largest absolute Gasteiger partial charge is 0.480 e. The number of carboxylic acids is 1. The van der Waals surface area contributed by atoms with Gasteiger partial charge in [0.15, 0.2) is 0 Å². The van der Waals surface area contributed by atoms with Crippen molar-refractivity contribution in [2.45, 2.75) is 26.3 Å². The van der Waals surface area contributed by atoms with Crippen molar-refractivity contribution in [2.75, 3.05) is 6.54 Å². The first kappa shape index (κ1) is 13.5. The fraction of sp³-hybridized carbons (Fsp3) is 0.357. The average Bonchev–Trinajstić information content (AvgIpc) is 2.24. The van der Waals surface area contributed by atoms with Crippen LogP contribution >= 0.6 is 0 Å². The third-order valence-electron chi connectivity index (χ3n) is 2.83. The predicted molar refractivity (Wildman–Crippen MR) is 69.1 cm³/mol. The highest BCUT2D eigenvalue weighted by atomic mass is 16.4. The molecule has 0 aliphatic heterocycles. The Balaban J connectivity index is 3.21. The van der Waals surface area contributed by atoms with E-state index in [9.17, 15) is 9.90 Å². The summed E-state index contributed by atoms with van der Waals surface area (Å²) < 4.78 is 0. The van der Waals surface area contributed by atoms with Gasteiger partial charge in [-0.3, -0.25) is 5.32 Å². The topological polar surface area (TPSA) is 49.3 Å². The zero-order valence-corrected chi connectivity index (χ0v) is 10.6. The summed E-state index contributed by atoms with van der Waals surface area (Å²) in [5.74, 6) is -0.885. The summed E-state index contributed by atoms with van der Waals surface area (Å²) in [6.07, 6.45) is 1.66. The first-order valence-electron chi connectivity index (χ1n) is 5.58. The molecule has 0 aromatic heterocycles. The smallest absolute Gasteiger partial charge is 0.328 e. The molecule has 0 radical (unpaired) electrons. The third kappa shape index (κ3) is 2.94. The van der Waals surface area contributed by atoms with Crippen LogP contribution in [0.5, 0.6) is 0 Å². The Morgan fingerprint density at radius 2 is 1.94 bits per heavy atom. The lowest BCUT2D eigenvalue weighted by molar-refractivity contribution is -0.144. The molecular formula is C14H19NO2. The van der Waals surface area contributed by atoms with Gasteiger partial charge in [-0.15, -0.1) is 6.58 Å². The van der Waals surface area contributed by atoms with Crippen LogP contribution < -0.4 is 5.32 Å². The van der Waals surface area contributed by atoms with Gasteiger partial charge < -0.3 is 5.11 Å². The van der Waals surface area contributed by atoms with Crippen molar-refractivity contribution in [3.8, 4) is 0 Å². The molecule has 1 unspecified atom stereocenters. The van der Waals surface area contributed by atoms with E-state index in [0.717, 1.165) is 16.7 Å². The molecule has 0 amide bonds. The Hall–Kier alpha value is -1.61. The van der Waals surface area contributed by atoms with Crippen LogP contribution in [0.15, 0.2) is 30.9 Å². The van der Waals surface area contributed by atoms with Crippen LogP contribution in [0.3, 0.4) is 0 Å². The van der Waals surface area contributed by atoms with E-state index in [2.05, 4.69) is 11.9 Å². The summed E-state index contributed by atoms with van der Waals surface area (Å²) in [4.78, 5) is 11.5. The van der Waals surface area contributed by atoms with Crippen molar-refractivity contribution in [3.05, 3.63) is 47.5 Å². The molecule has 0 saturated heterocycles. The zero-order chi connectivity index (χ0) is 13.1. The highest BCUT2D eigenvalue weighted by Crippen LogP contribution is 2.23. The van der Waals surface area contributed by atoms with Gasteiger partial charge in [-0.05, 0) is 26.3 Å². The van der Waals surface area contributed by atoms with Crippen molar-refractivity contribution in [2.24, 2.45) is 0 Å². The van der Waals surface area contributed by atoms with Crippen molar-refractivity contribution in [3.63, 3.8) is 0 Å². The molecule has 92 valence electrons. The number of rotatable bonds is 5. The molecule has 1 rings (SSSR count). The third-order valence-corrected chi connectivity index (χ3v) is 2.83. The summed E-state index contributed by atoms with van der Waals surface area (Å²) in [6.45, 7) is 9.65. The number of carboxylic acid groups (broad SMARTS) is 1. The molecule has 0 aliphatic carbocycles. The molecule has 3 nitrogen and oxygen atoms in total. The highest BCUT2D eigenvalue weighted by molar-refractivity contribution is 5.80. The van der Waals surface area contributed by atoms with E-state index >= 15 is 0 Å². The Morgan fingerprint density at radius 3 is 2.35 bits per heavy atom. The van der Waals surface area contributed by atoms with Gasteiger partial charge in [-0.2, -0.15) is 0 Å². The molecule has 0 spiro atoms. The van der Waals surface area contributed by atoms with E-state index in [-0.39, 0.29) is 0 Å². The lowest BCUT2D eigenvalue weighted by Crippen LogP contribution is -2.46. The summed E-state index contributed by atoms with van der Waals surface area (Å²) in [5, 5.41) is 12.4. The van der Waals surface area contributed by atoms with Crippen LogP contribution in [-0.2, 0) is 10.3 Å². The SMILES string of the molecule is C=CCNC(C)(C(=O)O)c1cc(C)cc(C)c1. The molecule has 3 heteroatoms. The van der Waals surface area contributed by atoms with Crippen LogP contribution in [0.2, 0.25) is 0 Å². The standard InChI is InChI=1S/C14H19NO2/c1-5-6-15-14(4,13(16)17)12-8-10(2)7-11(3)9-12/h5,7-9,15H,1,6H2,2-4H3,(H,16,17). The second kappa shape index (κ2) is 5.15. The van der Waals surface area contributed by atoms with Crippen LogP contribution in [-0.4, -0.2) is 17.6 Å². The fourth-order valence-corrected chi connectivity index (χ4v) is 1.84.